The lowest BCUT2D eigenvalue weighted by Crippen LogP contribution is -2.07. The van der Waals surface area contributed by atoms with E-state index < -0.39 is 11.1 Å². The van der Waals surface area contributed by atoms with Crippen LogP contribution in [0.4, 0.5) is 5.82 Å². The van der Waals surface area contributed by atoms with Gasteiger partial charge in [0, 0.05) is 17.2 Å². The number of rotatable bonds is 5. The zero-order valence-electron chi connectivity index (χ0n) is 7.44. The van der Waals surface area contributed by atoms with Crippen LogP contribution in [0.15, 0.2) is 22.8 Å². The van der Waals surface area contributed by atoms with Gasteiger partial charge in [0.15, 0.2) is 11.1 Å². The summed E-state index contributed by atoms with van der Waals surface area (Å²) in [6.07, 6.45) is 2.35. The van der Waals surface area contributed by atoms with Crippen molar-refractivity contribution < 1.29 is 8.76 Å². The minimum atomic E-state index is -1.70. The molecule has 0 saturated carbocycles. The number of pyridine rings is 1. The largest absolute Gasteiger partial charge is 0.370 e. The van der Waals surface area contributed by atoms with Gasteiger partial charge in [-0.1, -0.05) is 0 Å². The number of aromatic nitrogens is 1. The van der Waals surface area contributed by atoms with E-state index in [1.807, 2.05) is 12.1 Å². The topological polar surface area (TPSA) is 62.2 Å². The fourth-order valence-corrected chi connectivity index (χ4v) is 1.52. The maximum atomic E-state index is 10.3. The molecule has 1 rings (SSSR count). The average Bonchev–Trinajstić information content (AvgIpc) is 2.15. The molecule has 1 atom stereocenters. The molecule has 0 aromatic carbocycles. The molecule has 78 valence electrons. The Morgan fingerprint density at radius 1 is 1.57 bits per heavy atom. The lowest BCUT2D eigenvalue weighted by atomic mass is 10.4. The average molecular weight is 279 g/mol. The number of hydrogen-bond donors (Lipinski definition) is 2. The number of hydrogen-bond acceptors (Lipinski definition) is 3. The van der Waals surface area contributed by atoms with Crippen LogP contribution >= 0.6 is 15.9 Å². The summed E-state index contributed by atoms with van der Waals surface area (Å²) in [5.74, 6) is 1.07. The molecule has 1 aromatic rings. The Kier molecular flexibility index (Phi) is 5.06. The second kappa shape index (κ2) is 6.10. The molecule has 0 saturated heterocycles. The van der Waals surface area contributed by atoms with Crippen molar-refractivity contribution in [1.29, 1.82) is 0 Å². The smallest absolute Gasteiger partial charge is 0.152 e. The molecule has 0 amide bonds. The fourth-order valence-electron chi connectivity index (χ4n) is 0.892. The Hall–Kier alpha value is -0.460. The van der Waals surface area contributed by atoms with Crippen molar-refractivity contribution in [1.82, 2.24) is 4.98 Å². The molecule has 1 unspecified atom stereocenters. The van der Waals surface area contributed by atoms with E-state index in [-0.39, 0.29) is 0 Å². The van der Waals surface area contributed by atoms with Crippen LogP contribution in [0, 0.1) is 0 Å². The molecule has 0 aliphatic heterocycles. The minimum absolute atomic E-state index is 0.295. The first-order valence-corrected chi connectivity index (χ1v) is 6.18. The quantitative estimate of drug-likeness (QED) is 0.638. The van der Waals surface area contributed by atoms with Gasteiger partial charge < -0.3 is 9.87 Å². The van der Waals surface area contributed by atoms with Crippen molar-refractivity contribution in [3.8, 4) is 0 Å². The van der Waals surface area contributed by atoms with Crippen LogP contribution in [0.25, 0.3) is 0 Å². The Bertz CT molecular complexity index is 305. The monoisotopic (exact) mass is 278 g/mol. The number of anilines is 1. The Balaban J connectivity index is 2.25. The van der Waals surface area contributed by atoms with Crippen molar-refractivity contribution in [2.24, 2.45) is 0 Å². The summed E-state index contributed by atoms with van der Waals surface area (Å²) in [6.45, 7) is 0.654. The van der Waals surface area contributed by atoms with Gasteiger partial charge in [0.1, 0.15) is 5.82 Å². The molecule has 0 spiro atoms. The first-order chi connectivity index (χ1) is 6.68. The molecule has 1 aromatic heterocycles. The molecule has 2 N–H and O–H groups in total. The maximum Gasteiger partial charge on any atom is 0.152 e. The van der Waals surface area contributed by atoms with Crippen LogP contribution < -0.4 is 5.32 Å². The van der Waals surface area contributed by atoms with Gasteiger partial charge in [0.2, 0.25) is 0 Å². The molecule has 0 aliphatic rings. The van der Waals surface area contributed by atoms with Gasteiger partial charge in [-0.2, -0.15) is 0 Å². The fraction of sp³-hybridized carbons (Fsp3) is 0.375. The Morgan fingerprint density at radius 2 is 2.36 bits per heavy atom. The lowest BCUT2D eigenvalue weighted by molar-refractivity contribution is 0.562. The van der Waals surface area contributed by atoms with E-state index in [1.165, 1.54) is 0 Å². The third kappa shape index (κ3) is 4.69. The van der Waals surface area contributed by atoms with E-state index in [1.54, 1.807) is 6.20 Å². The molecule has 0 radical (unpaired) electrons. The second-order valence-electron chi connectivity index (χ2n) is 2.67. The number of nitrogens with one attached hydrogen (secondary N) is 1. The SMILES string of the molecule is O=S(O)CCCNc1ccc(Br)cn1. The summed E-state index contributed by atoms with van der Waals surface area (Å²) in [5.41, 5.74) is 0. The highest BCUT2D eigenvalue weighted by atomic mass is 79.9. The third-order valence-corrected chi connectivity index (χ3v) is 2.64. The molecular weight excluding hydrogens is 268 g/mol. The van der Waals surface area contributed by atoms with E-state index in [0.29, 0.717) is 18.7 Å². The molecule has 0 fully saturated rings. The van der Waals surface area contributed by atoms with Gasteiger partial charge in [-0.05, 0) is 34.5 Å². The van der Waals surface area contributed by atoms with Crippen molar-refractivity contribution in [2.75, 3.05) is 17.6 Å². The van der Waals surface area contributed by atoms with Crippen LogP contribution in [0.2, 0.25) is 0 Å². The summed E-state index contributed by atoms with van der Waals surface area (Å²) < 4.78 is 19.8. The van der Waals surface area contributed by atoms with Gasteiger partial charge in [0.05, 0.1) is 5.75 Å². The summed E-state index contributed by atoms with van der Waals surface area (Å²) >= 11 is 1.59. The van der Waals surface area contributed by atoms with Crippen LogP contribution in [0.5, 0.6) is 0 Å². The van der Waals surface area contributed by atoms with E-state index in [2.05, 4.69) is 26.2 Å². The van der Waals surface area contributed by atoms with Crippen molar-refractivity contribution in [3.63, 3.8) is 0 Å². The number of nitrogens with zero attached hydrogens (tertiary/aromatic N) is 1. The predicted molar refractivity (Wildman–Crippen MR) is 60.7 cm³/mol. The molecule has 1 heterocycles. The Labute approximate surface area is 93.5 Å². The highest BCUT2D eigenvalue weighted by Gasteiger charge is 1.95. The molecule has 6 heteroatoms. The summed E-state index contributed by atoms with van der Waals surface area (Å²) in [6, 6.07) is 3.74. The van der Waals surface area contributed by atoms with Crippen molar-refractivity contribution in [2.45, 2.75) is 6.42 Å². The number of halogens is 1. The standard InChI is InChI=1S/C8H11BrN2O2S/c9-7-2-3-8(11-6-7)10-4-1-5-14(12)13/h2-3,6H,1,4-5H2,(H,10,11)(H,12,13). The van der Waals surface area contributed by atoms with E-state index in [0.717, 1.165) is 10.3 Å². The van der Waals surface area contributed by atoms with Gasteiger partial charge >= 0.3 is 0 Å². The summed E-state index contributed by atoms with van der Waals surface area (Å²) in [5, 5.41) is 3.05. The third-order valence-electron chi connectivity index (χ3n) is 1.53. The Morgan fingerprint density at radius 3 is 2.93 bits per heavy atom. The van der Waals surface area contributed by atoms with Crippen LogP contribution in [-0.2, 0) is 11.1 Å². The highest BCUT2D eigenvalue weighted by molar-refractivity contribution is 9.10. The molecule has 0 bridgehead atoms. The molecule has 0 aliphatic carbocycles. The first kappa shape index (κ1) is 11.6. The molecule has 4 nitrogen and oxygen atoms in total. The van der Waals surface area contributed by atoms with Crippen LogP contribution in [0.3, 0.4) is 0 Å². The van der Waals surface area contributed by atoms with Gasteiger partial charge in [-0.25, -0.2) is 9.19 Å². The molecular formula is C8H11BrN2O2S. The molecule has 14 heavy (non-hydrogen) atoms. The summed E-state index contributed by atoms with van der Waals surface area (Å²) in [4.78, 5) is 4.10. The zero-order chi connectivity index (χ0) is 10.4. The maximum absolute atomic E-state index is 10.3. The van der Waals surface area contributed by atoms with Crippen LogP contribution in [-0.4, -0.2) is 26.0 Å². The minimum Gasteiger partial charge on any atom is -0.370 e. The van der Waals surface area contributed by atoms with Crippen molar-refractivity contribution >= 4 is 32.8 Å². The zero-order valence-corrected chi connectivity index (χ0v) is 9.84. The normalized spacial score (nSPS) is 12.4. The van der Waals surface area contributed by atoms with Gasteiger partial charge in [0.25, 0.3) is 0 Å². The van der Waals surface area contributed by atoms with Crippen molar-refractivity contribution in [3.05, 3.63) is 22.8 Å². The lowest BCUT2D eigenvalue weighted by Gasteiger charge is -2.03. The van der Waals surface area contributed by atoms with Crippen LogP contribution in [0.1, 0.15) is 6.42 Å². The highest BCUT2D eigenvalue weighted by Crippen LogP contribution is 2.10. The van der Waals surface area contributed by atoms with E-state index >= 15 is 0 Å². The predicted octanol–water partition coefficient (Wildman–Crippen LogP) is 1.87. The second-order valence-corrected chi connectivity index (χ2v) is 4.63. The van der Waals surface area contributed by atoms with E-state index in [9.17, 15) is 4.21 Å². The van der Waals surface area contributed by atoms with E-state index in [4.69, 9.17) is 4.55 Å². The van der Waals surface area contributed by atoms with Gasteiger partial charge in [-0.15, -0.1) is 0 Å². The van der Waals surface area contributed by atoms with Gasteiger partial charge in [-0.3, -0.25) is 0 Å². The summed E-state index contributed by atoms with van der Waals surface area (Å²) in [7, 11) is 0. The first-order valence-electron chi connectivity index (χ1n) is 4.11.